The average Bonchev–Trinajstić information content (AvgIpc) is 2.34. The maximum absolute atomic E-state index is 12.7. The number of nitrogens with one attached hydrogen (secondary N) is 1. The van der Waals surface area contributed by atoms with Crippen LogP contribution in [-0.2, 0) is 11.0 Å². The van der Waals surface area contributed by atoms with Crippen LogP contribution >= 0.6 is 0 Å². The highest BCUT2D eigenvalue weighted by Crippen LogP contribution is 2.33. The Morgan fingerprint density at radius 2 is 2.16 bits per heavy atom. The first-order valence-electron chi connectivity index (χ1n) is 5.40. The van der Waals surface area contributed by atoms with Crippen molar-refractivity contribution in [1.29, 1.82) is 5.26 Å². The Morgan fingerprint density at radius 3 is 2.58 bits per heavy atom. The van der Waals surface area contributed by atoms with Gasteiger partial charge in [0.25, 0.3) is 0 Å². The zero-order chi connectivity index (χ0) is 14.6. The first-order valence-corrected chi connectivity index (χ1v) is 5.40. The smallest absolute Gasteiger partial charge is 0.417 e. The van der Waals surface area contributed by atoms with Gasteiger partial charge in [0, 0.05) is 5.69 Å². The molecule has 1 aromatic carbocycles. The minimum absolute atomic E-state index is 0.0144. The van der Waals surface area contributed by atoms with Gasteiger partial charge < -0.3 is 10.4 Å². The molecule has 1 atom stereocenters. The topological polar surface area (TPSA) is 73.1 Å². The van der Waals surface area contributed by atoms with Crippen molar-refractivity contribution in [2.24, 2.45) is 0 Å². The Kier molecular flexibility index (Phi) is 4.38. The molecule has 0 aliphatic rings. The molecule has 102 valence electrons. The SMILES string of the molecule is CCC(Nc1ccc(C#N)c(C(F)(F)F)c1)C(=O)O. The second-order valence-electron chi connectivity index (χ2n) is 3.81. The van der Waals surface area contributed by atoms with Crippen LogP contribution in [0.5, 0.6) is 0 Å². The van der Waals surface area contributed by atoms with E-state index in [2.05, 4.69) is 5.32 Å². The molecule has 0 fully saturated rings. The van der Waals surface area contributed by atoms with Crippen molar-refractivity contribution in [3.63, 3.8) is 0 Å². The molecule has 0 saturated carbocycles. The number of alkyl halides is 3. The number of nitrogens with zero attached hydrogens (tertiary/aromatic N) is 1. The lowest BCUT2D eigenvalue weighted by Gasteiger charge is -2.16. The second-order valence-corrected chi connectivity index (χ2v) is 3.81. The number of hydrogen-bond acceptors (Lipinski definition) is 3. The number of halogens is 3. The van der Waals surface area contributed by atoms with Gasteiger partial charge in [-0.05, 0) is 24.6 Å². The fourth-order valence-electron chi connectivity index (χ4n) is 1.51. The number of anilines is 1. The number of carbonyl (C=O) groups is 1. The van der Waals surface area contributed by atoms with E-state index in [9.17, 15) is 18.0 Å². The standard InChI is InChI=1S/C12H11F3N2O2/c1-2-10(11(18)19)17-8-4-3-7(6-16)9(5-8)12(13,14)15/h3-5,10,17H,2H2,1H3,(H,18,19). The fraction of sp³-hybridized carbons (Fsp3) is 0.333. The van der Waals surface area contributed by atoms with Crippen LogP contribution in [-0.4, -0.2) is 17.1 Å². The van der Waals surface area contributed by atoms with Crippen molar-refractivity contribution >= 4 is 11.7 Å². The molecular weight excluding hydrogens is 261 g/mol. The zero-order valence-corrected chi connectivity index (χ0v) is 9.95. The van der Waals surface area contributed by atoms with Crippen LogP contribution in [0, 0.1) is 11.3 Å². The van der Waals surface area contributed by atoms with Crippen LogP contribution in [0.4, 0.5) is 18.9 Å². The molecular formula is C12H11F3N2O2. The highest BCUT2D eigenvalue weighted by molar-refractivity contribution is 5.77. The number of aliphatic carboxylic acids is 1. The average molecular weight is 272 g/mol. The number of carboxylic acid groups (broad SMARTS) is 1. The zero-order valence-electron chi connectivity index (χ0n) is 9.95. The summed E-state index contributed by atoms with van der Waals surface area (Å²) >= 11 is 0. The predicted molar refractivity (Wildman–Crippen MR) is 61.5 cm³/mol. The number of rotatable bonds is 4. The minimum Gasteiger partial charge on any atom is -0.480 e. The normalized spacial score (nSPS) is 12.6. The molecule has 0 aliphatic carbocycles. The maximum atomic E-state index is 12.7. The summed E-state index contributed by atoms with van der Waals surface area (Å²) in [5.74, 6) is -1.15. The molecule has 7 heteroatoms. The molecule has 0 spiro atoms. The van der Waals surface area contributed by atoms with Crippen molar-refractivity contribution in [1.82, 2.24) is 0 Å². The number of hydrogen-bond donors (Lipinski definition) is 2. The summed E-state index contributed by atoms with van der Waals surface area (Å²) in [4.78, 5) is 10.8. The van der Waals surface area contributed by atoms with Crippen LogP contribution < -0.4 is 5.32 Å². The Labute approximate surface area is 107 Å². The molecule has 4 nitrogen and oxygen atoms in total. The Hall–Kier alpha value is -2.23. The van der Waals surface area contributed by atoms with Crippen molar-refractivity contribution in [3.05, 3.63) is 29.3 Å². The number of benzene rings is 1. The van der Waals surface area contributed by atoms with Crippen molar-refractivity contribution in [3.8, 4) is 6.07 Å². The first kappa shape index (κ1) is 14.8. The quantitative estimate of drug-likeness (QED) is 0.883. The molecule has 0 radical (unpaired) electrons. The van der Waals surface area contributed by atoms with Gasteiger partial charge in [-0.25, -0.2) is 4.79 Å². The maximum Gasteiger partial charge on any atom is 0.417 e. The third kappa shape index (κ3) is 3.61. The first-order chi connectivity index (χ1) is 8.79. The van der Waals surface area contributed by atoms with Crippen molar-refractivity contribution < 1.29 is 23.1 Å². The van der Waals surface area contributed by atoms with Gasteiger partial charge in [-0.2, -0.15) is 18.4 Å². The molecule has 19 heavy (non-hydrogen) atoms. The summed E-state index contributed by atoms with van der Waals surface area (Å²) in [6.07, 6.45) is -4.44. The molecule has 1 unspecified atom stereocenters. The summed E-state index contributed by atoms with van der Waals surface area (Å²) < 4.78 is 38.1. The van der Waals surface area contributed by atoms with E-state index in [0.29, 0.717) is 0 Å². The van der Waals surface area contributed by atoms with Gasteiger partial charge in [-0.15, -0.1) is 0 Å². The van der Waals surface area contributed by atoms with Crippen LogP contribution in [0.15, 0.2) is 18.2 Å². The lowest BCUT2D eigenvalue weighted by atomic mass is 10.1. The van der Waals surface area contributed by atoms with Gasteiger partial charge in [0.1, 0.15) is 6.04 Å². The van der Waals surface area contributed by atoms with Gasteiger partial charge in [0.05, 0.1) is 17.2 Å². The summed E-state index contributed by atoms with van der Waals surface area (Å²) in [6, 6.07) is 3.48. The van der Waals surface area contributed by atoms with Crippen molar-refractivity contribution in [2.75, 3.05) is 5.32 Å². The third-order valence-corrected chi connectivity index (χ3v) is 2.49. The van der Waals surface area contributed by atoms with E-state index in [-0.39, 0.29) is 12.1 Å². The fourth-order valence-corrected chi connectivity index (χ4v) is 1.51. The van der Waals surface area contributed by atoms with Gasteiger partial charge in [0.2, 0.25) is 0 Å². The van der Waals surface area contributed by atoms with Crippen LogP contribution in [0.2, 0.25) is 0 Å². The molecule has 2 N–H and O–H groups in total. The second kappa shape index (κ2) is 5.61. The van der Waals surface area contributed by atoms with E-state index in [1.54, 1.807) is 6.92 Å². The van der Waals surface area contributed by atoms with Gasteiger partial charge in [-0.3, -0.25) is 0 Å². The molecule has 0 saturated heterocycles. The monoisotopic (exact) mass is 272 g/mol. The van der Waals surface area contributed by atoms with Crippen LogP contribution in [0.3, 0.4) is 0 Å². The van der Waals surface area contributed by atoms with Crippen LogP contribution in [0.25, 0.3) is 0 Å². The van der Waals surface area contributed by atoms with E-state index in [4.69, 9.17) is 10.4 Å². The molecule has 0 aromatic heterocycles. The molecule has 0 amide bonds. The van der Waals surface area contributed by atoms with E-state index in [0.717, 1.165) is 12.1 Å². The molecule has 1 aromatic rings. The highest BCUT2D eigenvalue weighted by Gasteiger charge is 2.34. The summed E-state index contributed by atoms with van der Waals surface area (Å²) in [6.45, 7) is 1.60. The molecule has 0 bridgehead atoms. The molecule has 0 aliphatic heterocycles. The Morgan fingerprint density at radius 1 is 1.53 bits per heavy atom. The molecule has 1 rings (SSSR count). The summed E-state index contributed by atoms with van der Waals surface area (Å²) in [5.41, 5.74) is -1.57. The van der Waals surface area contributed by atoms with Crippen molar-refractivity contribution in [2.45, 2.75) is 25.6 Å². The van der Waals surface area contributed by atoms with Gasteiger partial charge >= 0.3 is 12.1 Å². The number of carboxylic acids is 1. The Bertz CT molecular complexity index is 521. The molecule has 0 heterocycles. The van der Waals surface area contributed by atoms with E-state index < -0.39 is 29.3 Å². The number of nitriles is 1. The lowest BCUT2D eigenvalue weighted by Crippen LogP contribution is -2.28. The van der Waals surface area contributed by atoms with Gasteiger partial charge in [0.15, 0.2) is 0 Å². The van der Waals surface area contributed by atoms with Crippen LogP contribution in [0.1, 0.15) is 24.5 Å². The van der Waals surface area contributed by atoms with E-state index in [1.165, 1.54) is 12.1 Å². The lowest BCUT2D eigenvalue weighted by molar-refractivity contribution is -0.138. The predicted octanol–water partition coefficient (Wildman–Crippen LogP) is 2.85. The Balaban J connectivity index is 3.13. The summed E-state index contributed by atoms with van der Waals surface area (Å²) in [5, 5.41) is 19.9. The minimum atomic E-state index is -4.66. The van der Waals surface area contributed by atoms with Gasteiger partial charge in [-0.1, -0.05) is 6.92 Å². The van der Waals surface area contributed by atoms with E-state index >= 15 is 0 Å². The van der Waals surface area contributed by atoms with E-state index in [1.807, 2.05) is 0 Å². The summed E-state index contributed by atoms with van der Waals surface area (Å²) in [7, 11) is 0. The largest absolute Gasteiger partial charge is 0.480 e. The highest BCUT2D eigenvalue weighted by atomic mass is 19.4. The third-order valence-electron chi connectivity index (χ3n) is 2.49.